The van der Waals surface area contributed by atoms with Crippen molar-refractivity contribution in [2.45, 2.75) is 0 Å². The molecule has 10 nitrogen and oxygen atoms in total. The molecular formula is C10H21CaClFeN2Na2O8. The third-order valence-corrected chi connectivity index (χ3v) is 2.17. The second-order valence-corrected chi connectivity index (χ2v) is 4.00. The maximum absolute atomic E-state index is 10.6. The van der Waals surface area contributed by atoms with Crippen molar-refractivity contribution in [3.63, 3.8) is 0 Å². The summed E-state index contributed by atoms with van der Waals surface area (Å²) >= 11 is 0. The summed E-state index contributed by atoms with van der Waals surface area (Å²) in [7, 11) is 0. The van der Waals surface area contributed by atoms with Gasteiger partial charge in [-0.1, -0.05) is 0 Å². The zero-order chi connectivity index (χ0) is 15.7. The number of carboxylic acid groups (broad SMARTS) is 4. The molecule has 0 saturated carbocycles. The molecule has 0 saturated heterocycles. The van der Waals surface area contributed by atoms with Gasteiger partial charge in [0.05, 0.1) is 26.2 Å². The molecule has 0 rings (SSSR count). The summed E-state index contributed by atoms with van der Waals surface area (Å²) in [6.07, 6.45) is 0. The maximum atomic E-state index is 10.6. The Balaban J connectivity index is -0.000000180. The fraction of sp³-hybridized carbons (Fsp3) is 0.600. The molecule has 25 heavy (non-hydrogen) atoms. The molecule has 0 aromatic heterocycles. The number of halogens is 1. The first-order chi connectivity index (χ1) is 9.20. The van der Waals surface area contributed by atoms with Crippen LogP contribution in [0.5, 0.6) is 0 Å². The van der Waals surface area contributed by atoms with Gasteiger partial charge in [0.15, 0.2) is 0 Å². The number of aliphatic carboxylic acids is 4. The van der Waals surface area contributed by atoms with Crippen LogP contribution >= 0.6 is 12.4 Å². The van der Waals surface area contributed by atoms with Crippen molar-refractivity contribution >= 4 is 133 Å². The minimum atomic E-state index is -1.23. The summed E-state index contributed by atoms with van der Waals surface area (Å²) in [6, 6.07) is 0. The number of carboxylic acids is 4. The van der Waals surface area contributed by atoms with E-state index in [1.165, 1.54) is 0 Å². The molecule has 0 fully saturated rings. The first-order valence-electron chi connectivity index (χ1n) is 5.52. The predicted molar refractivity (Wildman–Crippen MR) is 93.5 cm³/mol. The van der Waals surface area contributed by atoms with E-state index in [1.807, 2.05) is 0 Å². The van der Waals surface area contributed by atoms with Gasteiger partial charge >= 0.3 is 121 Å². The van der Waals surface area contributed by atoms with Crippen LogP contribution in [0.1, 0.15) is 0 Å². The standard InChI is InChI=1S/C10H16N2O8.Ca.ClH.Fe.2Na.4H/c13-7(14)3-11(4-8(15)16)1-2-12(5-9(17)18)6-10(19)20;;;;;;;;;/h1-6H2,(H,13,14)(H,15,16)(H,17,18)(H,19,20);;1H;;;;;;;. The topological polar surface area (TPSA) is 156 Å². The summed E-state index contributed by atoms with van der Waals surface area (Å²) in [6.45, 7) is -2.25. The van der Waals surface area contributed by atoms with Crippen LogP contribution in [0, 0.1) is 0 Å². The second kappa shape index (κ2) is 23.9. The van der Waals surface area contributed by atoms with Crippen LogP contribution in [-0.4, -0.2) is 190 Å². The van der Waals surface area contributed by atoms with E-state index in [4.69, 9.17) is 20.4 Å². The van der Waals surface area contributed by atoms with Gasteiger partial charge in [0.25, 0.3) is 0 Å². The fourth-order valence-electron chi connectivity index (χ4n) is 1.48. The van der Waals surface area contributed by atoms with Crippen molar-refractivity contribution in [1.29, 1.82) is 0 Å². The van der Waals surface area contributed by atoms with Gasteiger partial charge in [-0.05, 0) is 0 Å². The molecule has 0 radical (unpaired) electrons. The first-order valence-corrected chi connectivity index (χ1v) is 5.52. The van der Waals surface area contributed by atoms with Crippen LogP contribution in [0.15, 0.2) is 0 Å². The molecule has 0 unspecified atom stereocenters. The van der Waals surface area contributed by atoms with Crippen molar-refractivity contribution in [3.8, 4) is 0 Å². The Kier molecular flexibility index (Phi) is 39.5. The molecule has 4 N–H and O–H groups in total. The molecular weight excluding hydrogens is 453 g/mol. The van der Waals surface area contributed by atoms with Crippen LogP contribution in [0.4, 0.5) is 0 Å². The normalized spacial score (nSPS) is 8.56. The average molecular weight is 475 g/mol. The molecule has 138 valence electrons. The van der Waals surface area contributed by atoms with E-state index in [2.05, 4.69) is 0 Å². The van der Waals surface area contributed by atoms with Gasteiger partial charge in [0, 0.05) is 30.2 Å². The first kappa shape index (κ1) is 41.3. The fourth-order valence-corrected chi connectivity index (χ4v) is 1.48. The summed E-state index contributed by atoms with van der Waals surface area (Å²) in [5.41, 5.74) is 0. The molecule has 0 spiro atoms. The molecule has 0 amide bonds. The SMILES string of the molecule is Cl.O=C(O)CN(CCN(CC(=O)O)CC(=O)O)CC(=O)O.[CaH2].[Fe].[NaH].[NaH]. The van der Waals surface area contributed by atoms with Crippen LogP contribution < -0.4 is 0 Å². The van der Waals surface area contributed by atoms with E-state index in [0.717, 1.165) is 9.80 Å². The van der Waals surface area contributed by atoms with Gasteiger partial charge in [-0.2, -0.15) is 0 Å². The molecule has 0 aliphatic rings. The van der Waals surface area contributed by atoms with E-state index >= 15 is 0 Å². The van der Waals surface area contributed by atoms with Crippen LogP contribution in [0.3, 0.4) is 0 Å². The Morgan fingerprint density at radius 1 is 0.600 bits per heavy atom. The summed E-state index contributed by atoms with van der Waals surface area (Å²) in [5.74, 6) is -4.91. The Morgan fingerprint density at radius 3 is 0.880 bits per heavy atom. The van der Waals surface area contributed by atoms with Crippen LogP contribution in [-0.2, 0) is 36.2 Å². The van der Waals surface area contributed by atoms with Crippen molar-refractivity contribution < 1.29 is 56.7 Å². The van der Waals surface area contributed by atoms with E-state index in [-0.39, 0.29) is 139 Å². The minimum absolute atomic E-state index is 0. The van der Waals surface area contributed by atoms with Crippen molar-refractivity contribution in [1.82, 2.24) is 9.80 Å². The quantitative estimate of drug-likeness (QED) is 0.219. The zero-order valence-corrected chi connectivity index (χ0v) is 13.2. The van der Waals surface area contributed by atoms with Gasteiger partial charge in [0.1, 0.15) is 0 Å². The van der Waals surface area contributed by atoms with Crippen molar-refractivity contribution in [3.05, 3.63) is 0 Å². The van der Waals surface area contributed by atoms with Gasteiger partial charge in [-0.3, -0.25) is 29.0 Å². The number of hydrogen-bond donors (Lipinski definition) is 4. The van der Waals surface area contributed by atoms with Crippen LogP contribution in [0.25, 0.3) is 0 Å². The Labute approximate surface area is 235 Å². The molecule has 0 aromatic carbocycles. The molecule has 0 bridgehead atoms. The Bertz CT molecular complexity index is 343. The Morgan fingerprint density at radius 2 is 0.760 bits per heavy atom. The van der Waals surface area contributed by atoms with Gasteiger partial charge in [-0.15, -0.1) is 12.4 Å². The molecule has 15 heteroatoms. The number of hydrogen-bond acceptors (Lipinski definition) is 6. The molecule has 0 aromatic rings. The summed E-state index contributed by atoms with van der Waals surface area (Å²) in [5, 5.41) is 34.5. The number of nitrogens with zero attached hydrogens (tertiary/aromatic N) is 2. The number of rotatable bonds is 11. The third-order valence-electron chi connectivity index (χ3n) is 2.17. The van der Waals surface area contributed by atoms with Gasteiger partial charge < -0.3 is 20.4 Å². The zero-order valence-electron chi connectivity index (χ0n) is 11.3. The molecule has 0 heterocycles. The van der Waals surface area contributed by atoms with E-state index in [0.29, 0.717) is 0 Å². The van der Waals surface area contributed by atoms with Crippen molar-refractivity contribution in [2.24, 2.45) is 0 Å². The van der Waals surface area contributed by atoms with E-state index < -0.39 is 50.1 Å². The summed E-state index contributed by atoms with van der Waals surface area (Å²) in [4.78, 5) is 44.4. The van der Waals surface area contributed by atoms with Crippen LogP contribution in [0.2, 0.25) is 0 Å². The van der Waals surface area contributed by atoms with Crippen molar-refractivity contribution in [2.75, 3.05) is 39.3 Å². The van der Waals surface area contributed by atoms with Gasteiger partial charge in [0.2, 0.25) is 0 Å². The molecule has 0 aliphatic carbocycles. The molecule has 0 atom stereocenters. The van der Waals surface area contributed by atoms with E-state index in [1.54, 1.807) is 0 Å². The van der Waals surface area contributed by atoms with Gasteiger partial charge in [-0.25, -0.2) is 0 Å². The average Bonchev–Trinajstić information content (AvgIpc) is 2.22. The predicted octanol–water partition coefficient (Wildman–Crippen LogP) is -3.87. The van der Waals surface area contributed by atoms with E-state index in [9.17, 15) is 19.2 Å². The Hall–Kier alpha value is 1.87. The molecule has 0 aliphatic heterocycles. The second-order valence-electron chi connectivity index (χ2n) is 4.00. The third kappa shape index (κ3) is 28.2. The summed E-state index contributed by atoms with van der Waals surface area (Å²) < 4.78 is 0. The monoisotopic (exact) mass is 474 g/mol. The number of carbonyl (C=O) groups is 4.